The van der Waals surface area contributed by atoms with E-state index >= 15 is 0 Å². The Labute approximate surface area is 103 Å². The predicted molar refractivity (Wildman–Crippen MR) is 63.2 cm³/mol. The molecule has 0 aromatic carbocycles. The highest BCUT2D eigenvalue weighted by molar-refractivity contribution is 5.82. The second-order valence-corrected chi connectivity index (χ2v) is 5.79. The smallest absolute Gasteiger partial charge is 0.309 e. The highest BCUT2D eigenvalue weighted by Gasteiger charge is 2.47. The molecule has 0 bridgehead atoms. The summed E-state index contributed by atoms with van der Waals surface area (Å²) in [5.74, 6) is -0.955. The first kappa shape index (κ1) is 14.0. The van der Waals surface area contributed by atoms with Crippen LogP contribution in [-0.2, 0) is 19.1 Å². The molecule has 1 aliphatic carbocycles. The van der Waals surface area contributed by atoms with E-state index in [1.807, 2.05) is 0 Å². The van der Waals surface area contributed by atoms with Crippen molar-refractivity contribution in [3.63, 3.8) is 0 Å². The minimum atomic E-state index is -0.350. The molecule has 4 heteroatoms. The van der Waals surface area contributed by atoms with Crippen LogP contribution < -0.4 is 0 Å². The summed E-state index contributed by atoms with van der Waals surface area (Å²) in [6, 6.07) is 0. The molecule has 1 aliphatic rings. The standard InChI is InChI=1S/C13H22O4/c1-13(2,3)8-6-9(11(14)16-4)10(7-8)12(15)17-5/h8-10H,6-7H2,1-5H3/t8?,9-,10+. The second-order valence-electron chi connectivity index (χ2n) is 5.79. The summed E-state index contributed by atoms with van der Waals surface area (Å²) in [5.41, 5.74) is 0.0923. The van der Waals surface area contributed by atoms with E-state index in [1.165, 1.54) is 14.2 Å². The maximum atomic E-state index is 11.7. The summed E-state index contributed by atoms with van der Waals surface area (Å²) in [6.07, 6.45) is 1.41. The lowest BCUT2D eigenvalue weighted by Gasteiger charge is -2.26. The van der Waals surface area contributed by atoms with Crippen LogP contribution in [0.5, 0.6) is 0 Å². The van der Waals surface area contributed by atoms with Gasteiger partial charge in [0.25, 0.3) is 0 Å². The van der Waals surface area contributed by atoms with Crippen molar-refractivity contribution in [1.82, 2.24) is 0 Å². The van der Waals surface area contributed by atoms with Gasteiger partial charge in [-0.15, -0.1) is 0 Å². The highest BCUT2D eigenvalue weighted by Crippen LogP contribution is 2.46. The highest BCUT2D eigenvalue weighted by atomic mass is 16.5. The number of hydrogen-bond acceptors (Lipinski definition) is 4. The molecule has 0 aromatic rings. The van der Waals surface area contributed by atoms with Crippen molar-refractivity contribution in [2.24, 2.45) is 23.2 Å². The third kappa shape index (κ3) is 2.99. The molecule has 1 rings (SSSR count). The molecule has 1 fully saturated rings. The van der Waals surface area contributed by atoms with Crippen LogP contribution >= 0.6 is 0 Å². The van der Waals surface area contributed by atoms with Gasteiger partial charge in [0.2, 0.25) is 0 Å². The van der Waals surface area contributed by atoms with Gasteiger partial charge < -0.3 is 9.47 Å². The molecule has 0 heterocycles. The summed E-state index contributed by atoms with van der Waals surface area (Å²) in [4.78, 5) is 23.4. The van der Waals surface area contributed by atoms with Crippen molar-refractivity contribution in [2.45, 2.75) is 33.6 Å². The summed E-state index contributed by atoms with van der Waals surface area (Å²) < 4.78 is 9.55. The normalized spacial score (nSPS) is 28.9. The fraction of sp³-hybridized carbons (Fsp3) is 0.846. The van der Waals surface area contributed by atoms with Gasteiger partial charge in [0.05, 0.1) is 26.1 Å². The number of rotatable bonds is 2. The lowest BCUT2D eigenvalue weighted by Crippen LogP contribution is -2.27. The van der Waals surface area contributed by atoms with Gasteiger partial charge in [0.15, 0.2) is 0 Å². The summed E-state index contributed by atoms with van der Waals surface area (Å²) >= 11 is 0. The Morgan fingerprint density at radius 2 is 1.29 bits per heavy atom. The van der Waals surface area contributed by atoms with Crippen LogP contribution in [0.4, 0.5) is 0 Å². The Morgan fingerprint density at radius 1 is 0.941 bits per heavy atom. The molecule has 0 saturated heterocycles. The third-order valence-corrected chi connectivity index (χ3v) is 3.80. The number of hydrogen-bond donors (Lipinski definition) is 0. The molecular formula is C13H22O4. The lowest BCUT2D eigenvalue weighted by molar-refractivity contribution is -0.156. The maximum Gasteiger partial charge on any atom is 0.309 e. The van der Waals surface area contributed by atoms with Crippen LogP contribution in [0.3, 0.4) is 0 Å². The van der Waals surface area contributed by atoms with Crippen LogP contribution in [0.15, 0.2) is 0 Å². The molecule has 0 radical (unpaired) electrons. The van der Waals surface area contributed by atoms with Gasteiger partial charge in [-0.2, -0.15) is 0 Å². The monoisotopic (exact) mass is 242 g/mol. The Bertz CT molecular complexity index is 279. The molecular weight excluding hydrogens is 220 g/mol. The predicted octanol–water partition coefficient (Wildman–Crippen LogP) is 2.02. The van der Waals surface area contributed by atoms with E-state index in [9.17, 15) is 9.59 Å². The number of esters is 2. The van der Waals surface area contributed by atoms with Gasteiger partial charge in [-0.25, -0.2) is 0 Å². The van der Waals surface area contributed by atoms with E-state index in [-0.39, 0.29) is 29.2 Å². The van der Waals surface area contributed by atoms with Crippen LogP contribution in [0.1, 0.15) is 33.6 Å². The van der Waals surface area contributed by atoms with E-state index in [0.717, 1.165) is 0 Å². The van der Waals surface area contributed by atoms with Gasteiger partial charge in [-0.3, -0.25) is 9.59 Å². The Hall–Kier alpha value is -1.06. The number of methoxy groups -OCH3 is 2. The van der Waals surface area contributed by atoms with E-state index in [4.69, 9.17) is 9.47 Å². The van der Waals surface area contributed by atoms with Crippen molar-refractivity contribution < 1.29 is 19.1 Å². The van der Waals surface area contributed by atoms with E-state index < -0.39 is 0 Å². The van der Waals surface area contributed by atoms with Crippen LogP contribution in [0.25, 0.3) is 0 Å². The molecule has 0 aromatic heterocycles. The fourth-order valence-electron chi connectivity index (χ4n) is 2.57. The summed E-state index contributed by atoms with van der Waals surface area (Å²) in [7, 11) is 2.72. The van der Waals surface area contributed by atoms with Crippen molar-refractivity contribution >= 4 is 11.9 Å². The Morgan fingerprint density at radius 3 is 1.53 bits per heavy atom. The fourth-order valence-corrected chi connectivity index (χ4v) is 2.57. The SMILES string of the molecule is COC(=O)[C@H]1CC(C(C)(C)C)C[C@H]1C(=O)OC. The molecule has 0 aliphatic heterocycles. The summed E-state index contributed by atoms with van der Waals surface area (Å²) in [6.45, 7) is 6.39. The van der Waals surface area contributed by atoms with Gasteiger partial charge in [-0.1, -0.05) is 20.8 Å². The average molecular weight is 242 g/mol. The van der Waals surface area contributed by atoms with E-state index in [0.29, 0.717) is 18.8 Å². The first-order valence-electron chi connectivity index (χ1n) is 5.97. The average Bonchev–Trinajstić information content (AvgIpc) is 2.71. The number of ether oxygens (including phenoxy) is 2. The zero-order valence-corrected chi connectivity index (χ0v) is 11.3. The minimum absolute atomic E-state index is 0.0923. The quantitative estimate of drug-likeness (QED) is 0.695. The van der Waals surface area contributed by atoms with E-state index in [1.54, 1.807) is 0 Å². The van der Waals surface area contributed by atoms with Gasteiger partial charge >= 0.3 is 11.9 Å². The van der Waals surface area contributed by atoms with Crippen LogP contribution in [0, 0.1) is 23.2 Å². The molecule has 98 valence electrons. The molecule has 3 atom stereocenters. The molecule has 4 nitrogen and oxygen atoms in total. The van der Waals surface area contributed by atoms with Gasteiger partial charge in [0.1, 0.15) is 0 Å². The number of carbonyl (C=O) groups is 2. The van der Waals surface area contributed by atoms with Gasteiger partial charge in [-0.05, 0) is 24.2 Å². The van der Waals surface area contributed by atoms with E-state index in [2.05, 4.69) is 20.8 Å². The number of carbonyl (C=O) groups excluding carboxylic acids is 2. The molecule has 1 saturated carbocycles. The molecule has 17 heavy (non-hydrogen) atoms. The third-order valence-electron chi connectivity index (χ3n) is 3.80. The minimum Gasteiger partial charge on any atom is -0.469 e. The first-order valence-corrected chi connectivity index (χ1v) is 5.97. The largest absolute Gasteiger partial charge is 0.469 e. The zero-order valence-electron chi connectivity index (χ0n) is 11.3. The van der Waals surface area contributed by atoms with Crippen LogP contribution in [-0.4, -0.2) is 26.2 Å². The van der Waals surface area contributed by atoms with Crippen molar-refractivity contribution in [2.75, 3.05) is 14.2 Å². The maximum absolute atomic E-state index is 11.7. The van der Waals surface area contributed by atoms with Crippen molar-refractivity contribution in [3.05, 3.63) is 0 Å². The Kier molecular flexibility index (Phi) is 4.17. The first-order chi connectivity index (χ1) is 7.81. The second kappa shape index (κ2) is 5.07. The van der Waals surface area contributed by atoms with Crippen LogP contribution in [0.2, 0.25) is 0 Å². The molecule has 0 N–H and O–H groups in total. The van der Waals surface area contributed by atoms with Gasteiger partial charge in [0, 0.05) is 0 Å². The molecule has 1 unspecified atom stereocenters. The topological polar surface area (TPSA) is 52.6 Å². The molecule has 0 amide bonds. The Balaban J connectivity index is 2.87. The molecule has 0 spiro atoms. The van der Waals surface area contributed by atoms with Crippen molar-refractivity contribution in [1.29, 1.82) is 0 Å². The zero-order chi connectivity index (χ0) is 13.2. The summed E-state index contributed by atoms with van der Waals surface area (Å²) in [5, 5.41) is 0. The van der Waals surface area contributed by atoms with Crippen molar-refractivity contribution in [3.8, 4) is 0 Å². The lowest BCUT2D eigenvalue weighted by atomic mass is 9.79.